The number of nitrogens with zero attached hydrogens (tertiary/aromatic N) is 1. The first-order valence-electron chi connectivity index (χ1n) is 5.24. The van der Waals surface area contributed by atoms with E-state index in [1.165, 1.54) is 0 Å². The van der Waals surface area contributed by atoms with Crippen LogP contribution in [0.4, 0.5) is 0 Å². The summed E-state index contributed by atoms with van der Waals surface area (Å²) in [6.45, 7) is 0. The minimum Gasteiger partial charge on any atom is -0.366 e. The number of hydrogen-bond acceptors (Lipinski definition) is 3. The zero-order valence-corrected chi connectivity index (χ0v) is 9.46. The number of nitrogens with two attached hydrogens (primary N) is 2. The van der Waals surface area contributed by atoms with E-state index in [2.05, 4.69) is 4.98 Å². The van der Waals surface area contributed by atoms with Crippen LogP contribution in [0, 0.1) is 0 Å². The summed E-state index contributed by atoms with van der Waals surface area (Å²) in [5.74, 6) is -1.23. The number of carbonyl (C=O) groups is 2. The van der Waals surface area contributed by atoms with Gasteiger partial charge < -0.3 is 11.5 Å². The second-order valence-electron chi connectivity index (χ2n) is 3.70. The zero-order valence-electron chi connectivity index (χ0n) is 9.46. The Labute approximate surface area is 103 Å². The number of benzene rings is 1. The Morgan fingerprint density at radius 3 is 2.00 bits per heavy atom. The van der Waals surface area contributed by atoms with Gasteiger partial charge in [-0.05, 0) is 18.2 Å². The number of carbonyl (C=O) groups excluding carboxylic acids is 2. The Morgan fingerprint density at radius 1 is 0.944 bits per heavy atom. The van der Waals surface area contributed by atoms with Crippen LogP contribution >= 0.6 is 0 Å². The van der Waals surface area contributed by atoms with E-state index in [-0.39, 0.29) is 11.1 Å². The van der Waals surface area contributed by atoms with Crippen LogP contribution < -0.4 is 11.5 Å². The second kappa shape index (κ2) is 4.67. The molecular formula is C13H11N3O2. The molecule has 5 nitrogen and oxygen atoms in total. The van der Waals surface area contributed by atoms with E-state index in [1.54, 1.807) is 42.7 Å². The van der Waals surface area contributed by atoms with Crippen molar-refractivity contribution in [2.24, 2.45) is 11.5 Å². The van der Waals surface area contributed by atoms with E-state index in [4.69, 9.17) is 11.5 Å². The molecule has 0 saturated carbocycles. The molecule has 0 unspecified atom stereocenters. The third-order valence-electron chi connectivity index (χ3n) is 2.55. The maximum absolute atomic E-state index is 11.4. The summed E-state index contributed by atoms with van der Waals surface area (Å²) in [7, 11) is 0. The highest BCUT2D eigenvalue weighted by Gasteiger charge is 2.17. The lowest BCUT2D eigenvalue weighted by molar-refractivity contribution is 0.0999. The fraction of sp³-hybridized carbons (Fsp3) is 0. The highest BCUT2D eigenvalue weighted by atomic mass is 16.1. The molecule has 18 heavy (non-hydrogen) atoms. The Kier molecular flexibility index (Phi) is 3.05. The quantitative estimate of drug-likeness (QED) is 0.836. The highest BCUT2D eigenvalue weighted by molar-refractivity contribution is 6.08. The summed E-state index contributed by atoms with van der Waals surface area (Å²) in [6.07, 6.45) is 3.15. The van der Waals surface area contributed by atoms with E-state index >= 15 is 0 Å². The molecular weight excluding hydrogens is 230 g/mol. The van der Waals surface area contributed by atoms with Crippen LogP contribution in [0.5, 0.6) is 0 Å². The summed E-state index contributed by atoms with van der Waals surface area (Å²) in [5.41, 5.74) is 12.2. The average Bonchev–Trinajstić information content (AvgIpc) is 2.38. The van der Waals surface area contributed by atoms with Gasteiger partial charge in [0.1, 0.15) is 0 Å². The number of amides is 2. The van der Waals surface area contributed by atoms with Crippen LogP contribution in [-0.2, 0) is 0 Å². The van der Waals surface area contributed by atoms with Gasteiger partial charge in [0, 0.05) is 34.6 Å². The Morgan fingerprint density at radius 2 is 1.56 bits per heavy atom. The Balaban J connectivity index is 2.77. The lowest BCUT2D eigenvalue weighted by Crippen LogP contribution is -2.18. The molecule has 0 fully saturated rings. The normalized spacial score (nSPS) is 10.0. The Bertz CT molecular complexity index is 577. The molecule has 4 N–H and O–H groups in total. The lowest BCUT2D eigenvalue weighted by atomic mass is 9.94. The molecule has 1 aromatic heterocycles. The van der Waals surface area contributed by atoms with Gasteiger partial charge in [-0.15, -0.1) is 0 Å². The smallest absolute Gasteiger partial charge is 0.249 e. The van der Waals surface area contributed by atoms with Crippen molar-refractivity contribution in [2.75, 3.05) is 0 Å². The van der Waals surface area contributed by atoms with Gasteiger partial charge in [0.15, 0.2) is 0 Å². The topological polar surface area (TPSA) is 99.1 Å². The number of pyridine rings is 1. The van der Waals surface area contributed by atoms with E-state index < -0.39 is 11.8 Å². The fourth-order valence-electron chi connectivity index (χ4n) is 1.78. The van der Waals surface area contributed by atoms with Crippen molar-refractivity contribution >= 4 is 11.8 Å². The lowest BCUT2D eigenvalue weighted by Gasteiger charge is -2.10. The van der Waals surface area contributed by atoms with Crippen molar-refractivity contribution in [3.05, 3.63) is 53.9 Å². The predicted octanol–water partition coefficient (Wildman–Crippen LogP) is 0.946. The van der Waals surface area contributed by atoms with Gasteiger partial charge in [-0.25, -0.2) is 0 Å². The molecule has 90 valence electrons. The van der Waals surface area contributed by atoms with Crippen LogP contribution in [0.15, 0.2) is 42.7 Å². The van der Waals surface area contributed by atoms with Gasteiger partial charge >= 0.3 is 0 Å². The SMILES string of the molecule is NC(=O)c1cccc(C(N)=O)c1-c1cccnc1. The maximum Gasteiger partial charge on any atom is 0.249 e. The third kappa shape index (κ3) is 2.06. The van der Waals surface area contributed by atoms with Crippen molar-refractivity contribution < 1.29 is 9.59 Å². The van der Waals surface area contributed by atoms with Crippen molar-refractivity contribution in [3.8, 4) is 11.1 Å². The first-order valence-corrected chi connectivity index (χ1v) is 5.24. The molecule has 0 aliphatic rings. The molecule has 2 amide bonds. The molecule has 1 aromatic carbocycles. The molecule has 0 bridgehead atoms. The molecule has 0 spiro atoms. The molecule has 0 aliphatic carbocycles. The average molecular weight is 241 g/mol. The van der Waals surface area contributed by atoms with Gasteiger partial charge in [-0.2, -0.15) is 0 Å². The van der Waals surface area contributed by atoms with Crippen molar-refractivity contribution in [3.63, 3.8) is 0 Å². The summed E-state index contributed by atoms with van der Waals surface area (Å²) >= 11 is 0. The van der Waals surface area contributed by atoms with E-state index in [0.29, 0.717) is 11.1 Å². The largest absolute Gasteiger partial charge is 0.366 e. The van der Waals surface area contributed by atoms with E-state index in [1.807, 2.05) is 0 Å². The van der Waals surface area contributed by atoms with Gasteiger partial charge in [0.05, 0.1) is 0 Å². The molecule has 2 aromatic rings. The van der Waals surface area contributed by atoms with E-state index in [9.17, 15) is 9.59 Å². The summed E-state index contributed by atoms with van der Waals surface area (Å²) in [6, 6.07) is 8.12. The van der Waals surface area contributed by atoms with Gasteiger partial charge in [-0.3, -0.25) is 14.6 Å². The first-order chi connectivity index (χ1) is 8.61. The minimum absolute atomic E-state index is 0.249. The molecule has 0 saturated heterocycles. The maximum atomic E-state index is 11.4. The summed E-state index contributed by atoms with van der Waals surface area (Å²) < 4.78 is 0. The third-order valence-corrected chi connectivity index (χ3v) is 2.55. The van der Waals surface area contributed by atoms with Crippen LogP contribution in [0.1, 0.15) is 20.7 Å². The number of aromatic nitrogens is 1. The molecule has 0 aliphatic heterocycles. The monoisotopic (exact) mass is 241 g/mol. The minimum atomic E-state index is -0.614. The number of rotatable bonds is 3. The van der Waals surface area contributed by atoms with Gasteiger partial charge in [0.2, 0.25) is 11.8 Å². The van der Waals surface area contributed by atoms with Crippen LogP contribution in [0.2, 0.25) is 0 Å². The van der Waals surface area contributed by atoms with Crippen LogP contribution in [0.3, 0.4) is 0 Å². The molecule has 0 radical (unpaired) electrons. The Hall–Kier alpha value is -2.69. The molecule has 2 rings (SSSR count). The molecule has 0 atom stereocenters. The van der Waals surface area contributed by atoms with Crippen LogP contribution in [-0.4, -0.2) is 16.8 Å². The van der Waals surface area contributed by atoms with Crippen LogP contribution in [0.25, 0.3) is 11.1 Å². The molecule has 5 heteroatoms. The van der Waals surface area contributed by atoms with Crippen molar-refractivity contribution in [1.82, 2.24) is 4.98 Å². The highest BCUT2D eigenvalue weighted by Crippen LogP contribution is 2.26. The van der Waals surface area contributed by atoms with E-state index in [0.717, 1.165) is 0 Å². The number of primary amides is 2. The molecule has 1 heterocycles. The summed E-state index contributed by atoms with van der Waals surface area (Å²) in [5, 5.41) is 0. The van der Waals surface area contributed by atoms with Crippen molar-refractivity contribution in [2.45, 2.75) is 0 Å². The fourth-order valence-corrected chi connectivity index (χ4v) is 1.78. The standard InChI is InChI=1S/C13H11N3O2/c14-12(17)9-4-1-5-10(13(15)18)11(9)8-3-2-6-16-7-8/h1-7H,(H2,14,17)(H2,15,18). The zero-order chi connectivity index (χ0) is 13.1. The van der Waals surface area contributed by atoms with Crippen molar-refractivity contribution in [1.29, 1.82) is 0 Å². The summed E-state index contributed by atoms with van der Waals surface area (Å²) in [4.78, 5) is 26.8. The van der Waals surface area contributed by atoms with Gasteiger partial charge in [0.25, 0.3) is 0 Å². The van der Waals surface area contributed by atoms with Gasteiger partial charge in [-0.1, -0.05) is 12.1 Å². The second-order valence-corrected chi connectivity index (χ2v) is 3.70. The number of hydrogen-bond donors (Lipinski definition) is 2. The predicted molar refractivity (Wildman–Crippen MR) is 66.7 cm³/mol. The first kappa shape index (κ1) is 11.8.